The van der Waals surface area contributed by atoms with E-state index in [9.17, 15) is 9.59 Å². The molecular formula is C16H24N2O4. The first-order valence-corrected chi connectivity index (χ1v) is 7.05. The highest BCUT2D eigenvalue weighted by atomic mass is 16.6. The van der Waals surface area contributed by atoms with Crippen LogP contribution in [0.4, 0.5) is 10.5 Å². The van der Waals surface area contributed by atoms with Crippen LogP contribution in [0.15, 0.2) is 18.2 Å². The van der Waals surface area contributed by atoms with E-state index in [1.54, 1.807) is 26.8 Å². The summed E-state index contributed by atoms with van der Waals surface area (Å²) in [6, 6.07) is 4.74. The van der Waals surface area contributed by atoms with Gasteiger partial charge in [-0.1, -0.05) is 12.1 Å². The maximum Gasteiger partial charge on any atom is 0.412 e. The number of hydrogen-bond donors (Lipinski definition) is 2. The van der Waals surface area contributed by atoms with Crippen LogP contribution < -0.4 is 11.1 Å². The average molecular weight is 308 g/mol. The lowest BCUT2D eigenvalue weighted by Gasteiger charge is -2.20. The Morgan fingerprint density at radius 2 is 1.95 bits per heavy atom. The summed E-state index contributed by atoms with van der Waals surface area (Å²) in [7, 11) is 1.31. The maximum absolute atomic E-state index is 11.8. The van der Waals surface area contributed by atoms with Gasteiger partial charge in [0.1, 0.15) is 11.6 Å². The summed E-state index contributed by atoms with van der Waals surface area (Å²) < 4.78 is 9.81. The van der Waals surface area contributed by atoms with Crippen LogP contribution in [0.25, 0.3) is 0 Å². The minimum atomic E-state index is -0.700. The van der Waals surface area contributed by atoms with Gasteiger partial charge in [-0.15, -0.1) is 0 Å². The summed E-state index contributed by atoms with van der Waals surface area (Å²) >= 11 is 0. The number of carbonyl (C=O) groups excluding carboxylic acids is 2. The fourth-order valence-corrected chi connectivity index (χ4v) is 1.90. The first-order valence-electron chi connectivity index (χ1n) is 7.05. The Hall–Kier alpha value is -2.08. The van der Waals surface area contributed by atoms with Crippen LogP contribution in [0, 0.1) is 6.92 Å². The zero-order valence-corrected chi connectivity index (χ0v) is 13.7. The van der Waals surface area contributed by atoms with Crippen molar-refractivity contribution in [3.05, 3.63) is 29.3 Å². The summed E-state index contributed by atoms with van der Waals surface area (Å²) in [6.07, 6.45) is -0.130. The lowest BCUT2D eigenvalue weighted by molar-refractivity contribution is -0.142. The van der Waals surface area contributed by atoms with Gasteiger partial charge >= 0.3 is 12.1 Å². The zero-order chi connectivity index (χ0) is 16.9. The topological polar surface area (TPSA) is 90.6 Å². The first kappa shape index (κ1) is 18.0. The largest absolute Gasteiger partial charge is 0.468 e. The fraction of sp³-hybridized carbons (Fsp3) is 0.500. The van der Waals surface area contributed by atoms with Gasteiger partial charge in [-0.2, -0.15) is 0 Å². The highest BCUT2D eigenvalue weighted by molar-refractivity contribution is 5.86. The van der Waals surface area contributed by atoms with Gasteiger partial charge < -0.3 is 15.2 Å². The van der Waals surface area contributed by atoms with E-state index in [1.807, 2.05) is 19.1 Å². The molecule has 0 heterocycles. The molecule has 1 aromatic rings. The van der Waals surface area contributed by atoms with Gasteiger partial charge in [-0.05, 0) is 51.3 Å². The number of carbonyl (C=O) groups is 2. The molecule has 0 bridgehead atoms. The molecule has 0 aliphatic heterocycles. The van der Waals surface area contributed by atoms with Crippen LogP contribution >= 0.6 is 0 Å². The summed E-state index contributed by atoms with van der Waals surface area (Å²) in [5.41, 5.74) is 7.60. The molecular weight excluding hydrogens is 284 g/mol. The molecule has 0 saturated carbocycles. The minimum absolute atomic E-state index is 0.375. The van der Waals surface area contributed by atoms with Crippen molar-refractivity contribution in [2.24, 2.45) is 5.73 Å². The van der Waals surface area contributed by atoms with Gasteiger partial charge in [0, 0.05) is 5.69 Å². The molecule has 6 heteroatoms. The molecule has 0 aliphatic carbocycles. The van der Waals surface area contributed by atoms with Gasteiger partial charge in [-0.25, -0.2) is 4.79 Å². The van der Waals surface area contributed by atoms with Gasteiger partial charge in [0.15, 0.2) is 0 Å². The number of aryl methyl sites for hydroxylation is 1. The monoisotopic (exact) mass is 308 g/mol. The molecule has 122 valence electrons. The third-order valence-corrected chi connectivity index (χ3v) is 2.89. The Kier molecular flexibility index (Phi) is 5.93. The highest BCUT2D eigenvalue weighted by Gasteiger charge is 2.18. The van der Waals surface area contributed by atoms with Crippen LogP contribution in [0.5, 0.6) is 0 Å². The second kappa shape index (κ2) is 7.26. The van der Waals surface area contributed by atoms with Crippen molar-refractivity contribution in [3.63, 3.8) is 0 Å². The smallest absolute Gasteiger partial charge is 0.412 e. The number of nitrogens with one attached hydrogen (secondary N) is 1. The highest BCUT2D eigenvalue weighted by Crippen LogP contribution is 2.19. The summed E-state index contributed by atoms with van der Waals surface area (Å²) in [6.45, 7) is 7.27. The molecule has 1 atom stereocenters. The number of amides is 1. The molecule has 0 aliphatic rings. The van der Waals surface area contributed by atoms with Crippen molar-refractivity contribution < 1.29 is 19.1 Å². The third kappa shape index (κ3) is 5.73. The molecule has 6 nitrogen and oxygen atoms in total. The number of rotatable bonds is 4. The van der Waals surface area contributed by atoms with Crippen LogP contribution in [-0.4, -0.2) is 30.8 Å². The van der Waals surface area contributed by atoms with E-state index in [0.717, 1.165) is 11.1 Å². The second-order valence-electron chi connectivity index (χ2n) is 6.11. The fourth-order valence-electron chi connectivity index (χ4n) is 1.90. The average Bonchev–Trinajstić information content (AvgIpc) is 2.38. The van der Waals surface area contributed by atoms with Gasteiger partial charge in [0.05, 0.1) is 7.11 Å². The maximum atomic E-state index is 11.8. The van der Waals surface area contributed by atoms with E-state index in [1.165, 1.54) is 7.11 Å². The van der Waals surface area contributed by atoms with Crippen LogP contribution in [-0.2, 0) is 20.7 Å². The molecule has 0 radical (unpaired) electrons. The molecule has 1 rings (SSSR count). The molecule has 0 unspecified atom stereocenters. The number of ether oxygens (including phenoxy) is 2. The first-order chi connectivity index (χ1) is 10.1. The number of hydrogen-bond acceptors (Lipinski definition) is 5. The van der Waals surface area contributed by atoms with E-state index in [2.05, 4.69) is 10.1 Å². The Bertz CT molecular complexity index is 550. The summed E-state index contributed by atoms with van der Waals surface area (Å²) in [5, 5.41) is 2.70. The number of anilines is 1. The van der Waals surface area contributed by atoms with Crippen LogP contribution in [0.1, 0.15) is 31.9 Å². The molecule has 1 amide bonds. The number of esters is 1. The molecule has 0 saturated heterocycles. The SMILES string of the molecule is COC(=O)[C@@H](N)Cc1ccc(NC(=O)OC(C)(C)C)c(C)c1. The summed E-state index contributed by atoms with van der Waals surface area (Å²) in [4.78, 5) is 23.1. The van der Waals surface area contributed by atoms with Crippen molar-refractivity contribution in [3.8, 4) is 0 Å². The van der Waals surface area contributed by atoms with E-state index in [0.29, 0.717) is 12.1 Å². The standard InChI is InChI=1S/C16H24N2O4/c1-10-8-11(9-12(17)14(19)21-5)6-7-13(10)18-15(20)22-16(2,3)4/h6-8,12H,9,17H2,1-5H3,(H,18,20)/t12-/m0/s1. The normalized spacial score (nSPS) is 12.5. The number of nitrogens with two attached hydrogens (primary N) is 1. The van der Waals surface area contributed by atoms with Crippen LogP contribution in [0.2, 0.25) is 0 Å². The predicted molar refractivity (Wildman–Crippen MR) is 84.7 cm³/mol. The molecule has 3 N–H and O–H groups in total. The van der Waals surface area contributed by atoms with Crippen LogP contribution in [0.3, 0.4) is 0 Å². The molecule has 0 aromatic heterocycles. The van der Waals surface area contributed by atoms with Crippen molar-refractivity contribution >= 4 is 17.7 Å². The van der Waals surface area contributed by atoms with E-state index in [-0.39, 0.29) is 0 Å². The van der Waals surface area contributed by atoms with Gasteiger partial charge in [0.2, 0.25) is 0 Å². The lowest BCUT2D eigenvalue weighted by atomic mass is 10.0. The zero-order valence-electron chi connectivity index (χ0n) is 13.7. The number of benzene rings is 1. The Balaban J connectivity index is 2.74. The van der Waals surface area contributed by atoms with Crippen molar-refractivity contribution in [1.82, 2.24) is 0 Å². The minimum Gasteiger partial charge on any atom is -0.468 e. The molecule has 22 heavy (non-hydrogen) atoms. The lowest BCUT2D eigenvalue weighted by Crippen LogP contribution is -2.33. The third-order valence-electron chi connectivity index (χ3n) is 2.89. The Morgan fingerprint density at radius 3 is 2.45 bits per heavy atom. The number of methoxy groups -OCH3 is 1. The van der Waals surface area contributed by atoms with E-state index < -0.39 is 23.7 Å². The van der Waals surface area contributed by atoms with E-state index >= 15 is 0 Å². The quantitative estimate of drug-likeness (QED) is 0.833. The van der Waals surface area contributed by atoms with E-state index in [4.69, 9.17) is 10.5 Å². The Morgan fingerprint density at radius 1 is 1.32 bits per heavy atom. The van der Waals surface area contributed by atoms with Gasteiger partial charge in [-0.3, -0.25) is 10.1 Å². The molecule has 0 spiro atoms. The van der Waals surface area contributed by atoms with Crippen molar-refractivity contribution in [2.45, 2.75) is 45.8 Å². The molecule has 0 fully saturated rings. The Labute approximate surface area is 131 Å². The van der Waals surface area contributed by atoms with Crippen molar-refractivity contribution in [2.75, 3.05) is 12.4 Å². The second-order valence-corrected chi connectivity index (χ2v) is 6.11. The predicted octanol–water partition coefficient (Wildman–Crippen LogP) is 2.38. The van der Waals surface area contributed by atoms with Crippen molar-refractivity contribution in [1.29, 1.82) is 0 Å². The van der Waals surface area contributed by atoms with Gasteiger partial charge in [0.25, 0.3) is 0 Å². The molecule has 1 aromatic carbocycles. The summed E-state index contributed by atoms with van der Waals surface area (Å²) in [5.74, 6) is -0.450.